The first-order valence-corrected chi connectivity index (χ1v) is 12.7. The van der Waals surface area contributed by atoms with E-state index >= 15 is 0 Å². The van der Waals surface area contributed by atoms with Gasteiger partial charge < -0.3 is 19.9 Å². The maximum Gasteiger partial charge on any atom is 0.409 e. The number of sulfonamides is 1. The molecule has 1 atom stereocenters. The van der Waals surface area contributed by atoms with Gasteiger partial charge in [-0.3, -0.25) is 14.4 Å². The largest absolute Gasteiger partial charge is 0.484 e. The van der Waals surface area contributed by atoms with Crippen molar-refractivity contribution in [2.45, 2.75) is 43.7 Å². The highest BCUT2D eigenvalue weighted by Crippen LogP contribution is 2.47. The van der Waals surface area contributed by atoms with Crippen LogP contribution in [-0.2, 0) is 14.8 Å². The maximum absolute atomic E-state index is 13.8. The molecule has 2 aromatic rings. The summed E-state index contributed by atoms with van der Waals surface area (Å²) < 4.78 is 40.3. The van der Waals surface area contributed by atoms with Gasteiger partial charge in [0.2, 0.25) is 16.0 Å². The lowest BCUT2D eigenvalue weighted by Crippen LogP contribution is -2.48. The van der Waals surface area contributed by atoms with Gasteiger partial charge >= 0.3 is 6.09 Å². The Hall–Kier alpha value is -3.06. The van der Waals surface area contributed by atoms with Crippen molar-refractivity contribution in [2.24, 2.45) is 0 Å². The van der Waals surface area contributed by atoms with Gasteiger partial charge in [0.05, 0.1) is 25.4 Å². The SMILES string of the molecule is CCOc1sc(C2CC2)nc1S(=O)(=O)N1C[C@H](CNC(C)=O)Oc2ccc(NC(=O)O)cc21. The maximum atomic E-state index is 13.8. The summed E-state index contributed by atoms with van der Waals surface area (Å²) in [5.41, 5.74) is 0.357. The standard InChI is InChI=1S/C20H24N4O7S2/c1-3-30-19-18(23-17(32-19)12-4-5-12)33(28,29)24-10-14(9-21-11(2)25)31-16-7-6-13(8-15(16)24)22-20(26)27/h6-8,12,14,22H,3-5,9-10H2,1-2H3,(H,21,25)(H,26,27)/t14-/m0/s1. The highest BCUT2D eigenvalue weighted by molar-refractivity contribution is 7.93. The molecule has 2 amide bonds. The number of aromatic nitrogens is 1. The van der Waals surface area contributed by atoms with Crippen LogP contribution in [0.1, 0.15) is 37.6 Å². The van der Waals surface area contributed by atoms with Gasteiger partial charge in [0.25, 0.3) is 10.0 Å². The Morgan fingerprint density at radius 1 is 1.36 bits per heavy atom. The monoisotopic (exact) mass is 496 g/mol. The van der Waals surface area contributed by atoms with Crippen molar-refractivity contribution in [1.29, 1.82) is 0 Å². The van der Waals surface area contributed by atoms with E-state index in [9.17, 15) is 18.0 Å². The van der Waals surface area contributed by atoms with Crippen molar-refractivity contribution in [2.75, 3.05) is 29.3 Å². The fourth-order valence-electron chi connectivity index (χ4n) is 3.41. The van der Waals surface area contributed by atoms with Crippen molar-refractivity contribution >= 4 is 44.7 Å². The number of carboxylic acid groups (broad SMARTS) is 1. The van der Waals surface area contributed by atoms with Crippen molar-refractivity contribution in [3.05, 3.63) is 23.2 Å². The van der Waals surface area contributed by atoms with E-state index in [2.05, 4.69) is 15.6 Å². The predicted octanol–water partition coefficient (Wildman–Crippen LogP) is 2.60. The second-order valence-corrected chi connectivity index (χ2v) is 10.4. The zero-order valence-corrected chi connectivity index (χ0v) is 19.7. The minimum atomic E-state index is -4.19. The molecule has 178 valence electrons. The molecule has 1 aliphatic carbocycles. The molecule has 3 N–H and O–H groups in total. The van der Waals surface area contributed by atoms with Gasteiger partial charge in [0.1, 0.15) is 16.9 Å². The first-order valence-electron chi connectivity index (χ1n) is 10.4. The number of benzene rings is 1. The molecule has 0 bridgehead atoms. The van der Waals surface area contributed by atoms with Crippen LogP contribution in [0.3, 0.4) is 0 Å². The fourth-order valence-corrected chi connectivity index (χ4v) is 6.40. The van der Waals surface area contributed by atoms with Crippen LogP contribution in [0, 0.1) is 0 Å². The van der Waals surface area contributed by atoms with Crippen LogP contribution in [0.4, 0.5) is 16.2 Å². The summed E-state index contributed by atoms with van der Waals surface area (Å²) in [6.07, 6.45) is -0.0208. The summed E-state index contributed by atoms with van der Waals surface area (Å²) in [4.78, 5) is 26.9. The number of carbonyl (C=O) groups excluding carboxylic acids is 1. The van der Waals surface area contributed by atoms with Crippen LogP contribution in [0.15, 0.2) is 23.2 Å². The predicted molar refractivity (Wildman–Crippen MR) is 121 cm³/mol. The zero-order valence-electron chi connectivity index (χ0n) is 18.0. The Kier molecular flexibility index (Phi) is 6.34. The molecule has 0 spiro atoms. The van der Waals surface area contributed by atoms with E-state index < -0.39 is 22.2 Å². The summed E-state index contributed by atoms with van der Waals surface area (Å²) in [5.74, 6) is 0.216. The summed E-state index contributed by atoms with van der Waals surface area (Å²) >= 11 is 1.24. The molecule has 13 heteroatoms. The van der Waals surface area contributed by atoms with E-state index in [0.717, 1.165) is 22.2 Å². The Morgan fingerprint density at radius 2 is 2.12 bits per heavy atom. The second-order valence-electron chi connectivity index (χ2n) is 7.68. The number of carbonyl (C=O) groups is 2. The Bertz CT molecular complexity index is 1180. The number of thiazole rings is 1. The van der Waals surface area contributed by atoms with E-state index in [1.165, 1.54) is 36.5 Å². The number of hydrogen-bond donors (Lipinski definition) is 3. The van der Waals surface area contributed by atoms with Gasteiger partial charge in [-0.05, 0) is 38.0 Å². The number of amides is 2. The number of rotatable bonds is 8. The van der Waals surface area contributed by atoms with E-state index in [1.807, 2.05) is 0 Å². The number of nitrogens with one attached hydrogen (secondary N) is 2. The van der Waals surface area contributed by atoms with Gasteiger partial charge in [-0.2, -0.15) is 8.42 Å². The third-order valence-corrected chi connectivity index (χ3v) is 7.99. The first-order chi connectivity index (χ1) is 15.7. The lowest BCUT2D eigenvalue weighted by molar-refractivity contribution is -0.119. The minimum absolute atomic E-state index is 0.0959. The number of anilines is 2. The third kappa shape index (κ3) is 4.98. The molecule has 1 aliphatic heterocycles. The van der Waals surface area contributed by atoms with Crippen LogP contribution in [0.25, 0.3) is 0 Å². The smallest absolute Gasteiger partial charge is 0.409 e. The number of ether oxygens (including phenoxy) is 2. The van der Waals surface area contributed by atoms with Gasteiger partial charge in [-0.25, -0.2) is 9.78 Å². The fraction of sp³-hybridized carbons (Fsp3) is 0.450. The van der Waals surface area contributed by atoms with Crippen LogP contribution in [-0.4, -0.2) is 56.3 Å². The quantitative estimate of drug-likeness (QED) is 0.505. The van der Waals surface area contributed by atoms with Crippen LogP contribution >= 0.6 is 11.3 Å². The molecule has 33 heavy (non-hydrogen) atoms. The lowest BCUT2D eigenvalue weighted by atomic mass is 10.2. The molecule has 4 rings (SSSR count). The van der Waals surface area contributed by atoms with Crippen LogP contribution in [0.2, 0.25) is 0 Å². The second kappa shape index (κ2) is 9.06. The normalized spacial score (nSPS) is 17.6. The molecular formula is C20H24N4O7S2. The molecule has 0 saturated heterocycles. The highest BCUT2D eigenvalue weighted by Gasteiger charge is 2.40. The topological polar surface area (TPSA) is 147 Å². The minimum Gasteiger partial charge on any atom is -0.484 e. The van der Waals surface area contributed by atoms with Gasteiger partial charge in [0.15, 0.2) is 0 Å². The Morgan fingerprint density at radius 3 is 2.76 bits per heavy atom. The van der Waals surface area contributed by atoms with Crippen molar-refractivity contribution in [3.63, 3.8) is 0 Å². The molecular weight excluding hydrogens is 472 g/mol. The Balaban J connectivity index is 1.76. The highest BCUT2D eigenvalue weighted by atomic mass is 32.2. The zero-order chi connectivity index (χ0) is 23.8. The molecule has 2 heterocycles. The molecule has 1 saturated carbocycles. The third-order valence-electron chi connectivity index (χ3n) is 5.04. The molecule has 1 aromatic heterocycles. The average molecular weight is 497 g/mol. The number of hydrogen-bond acceptors (Lipinski definition) is 8. The summed E-state index contributed by atoms with van der Waals surface area (Å²) in [5, 5.41) is 14.7. The summed E-state index contributed by atoms with van der Waals surface area (Å²) in [7, 11) is -4.19. The summed E-state index contributed by atoms with van der Waals surface area (Å²) in [6, 6.07) is 4.35. The molecule has 11 nitrogen and oxygen atoms in total. The van der Waals surface area contributed by atoms with Gasteiger partial charge in [-0.15, -0.1) is 0 Å². The molecule has 1 fully saturated rings. The lowest BCUT2D eigenvalue weighted by Gasteiger charge is -2.35. The summed E-state index contributed by atoms with van der Waals surface area (Å²) in [6.45, 7) is 3.40. The van der Waals surface area contributed by atoms with Gasteiger partial charge in [-0.1, -0.05) is 11.3 Å². The van der Waals surface area contributed by atoms with E-state index in [1.54, 1.807) is 6.92 Å². The number of nitrogens with zero attached hydrogens (tertiary/aromatic N) is 2. The first kappa shape index (κ1) is 23.1. The van der Waals surface area contributed by atoms with Crippen molar-refractivity contribution in [1.82, 2.24) is 10.3 Å². The molecule has 2 aliphatic rings. The number of fused-ring (bicyclic) bond motifs is 1. The van der Waals surface area contributed by atoms with E-state index in [-0.39, 0.29) is 58.7 Å². The van der Waals surface area contributed by atoms with E-state index in [4.69, 9.17) is 14.6 Å². The molecule has 0 unspecified atom stereocenters. The van der Waals surface area contributed by atoms with Crippen molar-refractivity contribution in [3.8, 4) is 10.8 Å². The average Bonchev–Trinajstić information content (AvgIpc) is 3.51. The van der Waals surface area contributed by atoms with Crippen molar-refractivity contribution < 1.29 is 32.6 Å². The molecule has 0 radical (unpaired) electrons. The molecule has 1 aromatic carbocycles. The van der Waals surface area contributed by atoms with Crippen LogP contribution in [0.5, 0.6) is 10.8 Å². The van der Waals surface area contributed by atoms with E-state index in [0.29, 0.717) is 0 Å². The van der Waals surface area contributed by atoms with Gasteiger partial charge in [0, 0.05) is 18.5 Å². The Labute approximate surface area is 194 Å². The van der Waals surface area contributed by atoms with Crippen LogP contribution < -0.4 is 24.4 Å².